The Balaban J connectivity index is 2.71. The Morgan fingerprint density at radius 3 is 2.45 bits per heavy atom. The zero-order valence-electron chi connectivity index (χ0n) is 5.48. The molecule has 0 atom stereocenters. The molecular formula is C7H5Cl3O. The van der Waals surface area contributed by atoms with Crippen molar-refractivity contribution >= 4 is 40.6 Å². The highest BCUT2D eigenvalue weighted by Gasteiger charge is 2.32. The summed E-state index contributed by atoms with van der Waals surface area (Å²) >= 11 is 16.1. The van der Waals surface area contributed by atoms with E-state index < -0.39 is 9.58 Å². The quantitative estimate of drug-likeness (QED) is 0.610. The number of carbonyl (C=O) groups excluding carboxylic acids is 1. The molecule has 0 bridgehead atoms. The minimum atomic E-state index is -1.81. The Kier molecular flexibility index (Phi) is 2.63. The molecule has 0 unspecified atom stereocenters. The average molecular weight is 211 g/mol. The van der Waals surface area contributed by atoms with E-state index in [0.29, 0.717) is 12.0 Å². The monoisotopic (exact) mass is 210 g/mol. The first kappa shape index (κ1) is 9.11. The van der Waals surface area contributed by atoms with Crippen molar-refractivity contribution in [1.82, 2.24) is 0 Å². The summed E-state index contributed by atoms with van der Waals surface area (Å²) in [4.78, 5) is 11.2. The van der Waals surface area contributed by atoms with E-state index in [2.05, 4.69) is 0 Å². The van der Waals surface area contributed by atoms with Crippen LogP contribution in [0.15, 0.2) is 23.8 Å². The highest BCUT2D eigenvalue weighted by Crippen LogP contribution is 2.32. The van der Waals surface area contributed by atoms with Gasteiger partial charge >= 0.3 is 0 Å². The number of ketones is 1. The zero-order chi connectivity index (χ0) is 8.48. The van der Waals surface area contributed by atoms with E-state index in [0.717, 1.165) is 0 Å². The van der Waals surface area contributed by atoms with Gasteiger partial charge < -0.3 is 0 Å². The molecule has 1 nitrogen and oxygen atoms in total. The van der Waals surface area contributed by atoms with Crippen LogP contribution < -0.4 is 0 Å². The summed E-state index contributed by atoms with van der Waals surface area (Å²) in [7, 11) is 0. The fraction of sp³-hybridized carbons (Fsp3) is 0.286. The predicted octanol–water partition coefficient (Wildman–Crippen LogP) is 2.81. The largest absolute Gasteiger partial charge is 0.290 e. The summed E-state index contributed by atoms with van der Waals surface area (Å²) in [5.74, 6) is -0.437. The number of alkyl halides is 3. The first-order valence-corrected chi connectivity index (χ1v) is 4.12. The van der Waals surface area contributed by atoms with Crippen LogP contribution in [-0.2, 0) is 4.79 Å². The van der Waals surface area contributed by atoms with Crippen LogP contribution in [0, 0.1) is 0 Å². The molecule has 0 aromatic rings. The highest BCUT2D eigenvalue weighted by molar-refractivity contribution is 6.77. The van der Waals surface area contributed by atoms with Crippen molar-refractivity contribution in [2.45, 2.75) is 10.2 Å². The first-order chi connectivity index (χ1) is 5.02. The fourth-order valence-corrected chi connectivity index (χ4v) is 1.16. The lowest BCUT2D eigenvalue weighted by molar-refractivity contribution is -0.114. The molecule has 0 heterocycles. The van der Waals surface area contributed by atoms with Crippen molar-refractivity contribution < 1.29 is 4.79 Å². The third-order valence-corrected chi connectivity index (χ3v) is 1.84. The van der Waals surface area contributed by atoms with Gasteiger partial charge in [0.2, 0.25) is 5.78 Å². The second kappa shape index (κ2) is 3.18. The molecule has 1 rings (SSSR count). The highest BCUT2D eigenvalue weighted by atomic mass is 35.6. The normalized spacial score (nSPS) is 16.8. The molecule has 60 valence electrons. The maximum Gasteiger partial charge on any atom is 0.253 e. The van der Waals surface area contributed by atoms with Gasteiger partial charge in [-0.25, -0.2) is 0 Å². The van der Waals surface area contributed by atoms with Crippen molar-refractivity contribution in [3.05, 3.63) is 23.8 Å². The smallest absolute Gasteiger partial charge is 0.253 e. The fourth-order valence-electron chi connectivity index (χ4n) is 0.798. The lowest BCUT2D eigenvalue weighted by Crippen LogP contribution is -2.20. The van der Waals surface area contributed by atoms with Crippen molar-refractivity contribution in [1.29, 1.82) is 0 Å². The SMILES string of the molecule is O=C(C1=CC=CC1)C(Cl)(Cl)Cl. The third-order valence-electron chi connectivity index (χ3n) is 1.32. The Hall–Kier alpha value is 0.0200. The van der Waals surface area contributed by atoms with E-state index in [9.17, 15) is 4.79 Å². The van der Waals surface area contributed by atoms with Crippen LogP contribution >= 0.6 is 34.8 Å². The van der Waals surface area contributed by atoms with Gasteiger partial charge in [-0.05, 0) is 6.42 Å². The number of carbonyl (C=O) groups is 1. The molecule has 0 aromatic heterocycles. The summed E-state index contributed by atoms with van der Waals surface area (Å²) in [6, 6.07) is 0. The van der Waals surface area contributed by atoms with Crippen LogP contribution in [-0.4, -0.2) is 9.58 Å². The Morgan fingerprint density at radius 2 is 2.09 bits per heavy atom. The Labute approximate surface area is 79.6 Å². The number of allylic oxidation sites excluding steroid dienone is 4. The van der Waals surface area contributed by atoms with Crippen molar-refractivity contribution in [3.8, 4) is 0 Å². The number of halogens is 3. The molecule has 0 spiro atoms. The van der Waals surface area contributed by atoms with Crippen LogP contribution in [0.1, 0.15) is 6.42 Å². The van der Waals surface area contributed by atoms with Crippen LogP contribution in [0.3, 0.4) is 0 Å². The van der Waals surface area contributed by atoms with Crippen LogP contribution in [0.25, 0.3) is 0 Å². The van der Waals surface area contributed by atoms with Gasteiger partial charge in [0.25, 0.3) is 3.79 Å². The second-order valence-electron chi connectivity index (χ2n) is 2.15. The topological polar surface area (TPSA) is 17.1 Å². The molecule has 0 aromatic carbocycles. The van der Waals surface area contributed by atoms with Crippen LogP contribution in [0.5, 0.6) is 0 Å². The summed E-state index contributed by atoms with van der Waals surface area (Å²) in [5.41, 5.74) is 0.546. The molecule has 0 radical (unpaired) electrons. The van der Waals surface area contributed by atoms with E-state index in [1.54, 1.807) is 12.2 Å². The van der Waals surface area contributed by atoms with Crippen molar-refractivity contribution in [2.75, 3.05) is 0 Å². The molecular weight excluding hydrogens is 206 g/mol. The molecule has 0 saturated heterocycles. The standard InChI is InChI=1S/C7H5Cl3O/c8-7(9,10)6(11)5-3-1-2-4-5/h1-3H,4H2. The lowest BCUT2D eigenvalue weighted by Gasteiger charge is -2.08. The summed E-state index contributed by atoms with van der Waals surface area (Å²) in [5, 5.41) is 0. The molecule has 0 amide bonds. The minimum Gasteiger partial charge on any atom is -0.290 e. The van der Waals surface area contributed by atoms with Gasteiger partial charge in [0.15, 0.2) is 0 Å². The average Bonchev–Trinajstić information content (AvgIpc) is 2.34. The number of hydrogen-bond acceptors (Lipinski definition) is 1. The molecule has 0 aliphatic heterocycles. The van der Waals surface area contributed by atoms with E-state index in [-0.39, 0.29) is 0 Å². The van der Waals surface area contributed by atoms with Gasteiger partial charge in [0.05, 0.1) is 0 Å². The van der Waals surface area contributed by atoms with E-state index >= 15 is 0 Å². The Morgan fingerprint density at radius 1 is 1.45 bits per heavy atom. The van der Waals surface area contributed by atoms with Gasteiger partial charge in [-0.3, -0.25) is 4.79 Å². The molecule has 1 aliphatic rings. The lowest BCUT2D eigenvalue weighted by atomic mass is 10.1. The summed E-state index contributed by atoms with van der Waals surface area (Å²) in [6.07, 6.45) is 5.82. The van der Waals surface area contributed by atoms with Crippen LogP contribution in [0.2, 0.25) is 0 Å². The minimum absolute atomic E-state index is 0.437. The van der Waals surface area contributed by atoms with E-state index in [4.69, 9.17) is 34.8 Å². The number of hydrogen-bond donors (Lipinski definition) is 0. The van der Waals surface area contributed by atoms with Gasteiger partial charge in [-0.2, -0.15) is 0 Å². The molecule has 0 N–H and O–H groups in total. The van der Waals surface area contributed by atoms with Crippen molar-refractivity contribution in [2.24, 2.45) is 0 Å². The number of rotatable bonds is 1. The summed E-state index contributed by atoms with van der Waals surface area (Å²) < 4.78 is -1.81. The number of Topliss-reactive ketones (excluding diaryl/α,β-unsaturated/α-hetero) is 1. The molecule has 4 heteroatoms. The van der Waals surface area contributed by atoms with E-state index in [1.165, 1.54) is 0 Å². The maximum absolute atomic E-state index is 11.2. The third kappa shape index (κ3) is 2.22. The zero-order valence-corrected chi connectivity index (χ0v) is 7.75. The molecule has 1 aliphatic carbocycles. The first-order valence-electron chi connectivity index (χ1n) is 2.99. The van der Waals surface area contributed by atoms with Crippen molar-refractivity contribution in [3.63, 3.8) is 0 Å². The van der Waals surface area contributed by atoms with E-state index in [1.807, 2.05) is 6.08 Å². The maximum atomic E-state index is 11.2. The predicted molar refractivity (Wildman–Crippen MR) is 47.1 cm³/mol. The second-order valence-corrected chi connectivity index (χ2v) is 4.43. The molecule has 11 heavy (non-hydrogen) atoms. The Bertz CT molecular complexity index is 235. The van der Waals surface area contributed by atoms with Gasteiger partial charge in [0, 0.05) is 5.57 Å². The molecule has 0 fully saturated rings. The molecule has 0 saturated carbocycles. The summed E-state index contributed by atoms with van der Waals surface area (Å²) in [6.45, 7) is 0. The van der Waals surface area contributed by atoms with Gasteiger partial charge in [-0.15, -0.1) is 0 Å². The van der Waals surface area contributed by atoms with Gasteiger partial charge in [-0.1, -0.05) is 53.0 Å². The van der Waals surface area contributed by atoms with Crippen LogP contribution in [0.4, 0.5) is 0 Å². The van der Waals surface area contributed by atoms with Gasteiger partial charge in [0.1, 0.15) is 0 Å².